The van der Waals surface area contributed by atoms with Crippen LogP contribution in [0.2, 0.25) is 0 Å². The number of ether oxygens (including phenoxy) is 1. The molecule has 0 radical (unpaired) electrons. The molecule has 1 saturated carbocycles. The number of methoxy groups -OCH3 is 1. The third-order valence-corrected chi connectivity index (χ3v) is 3.60. The molecule has 1 aliphatic carbocycles. The van der Waals surface area contributed by atoms with Gasteiger partial charge in [0.05, 0.1) is 7.11 Å². The highest BCUT2D eigenvalue weighted by Crippen LogP contribution is 2.46. The second kappa shape index (κ2) is 5.10. The van der Waals surface area contributed by atoms with Gasteiger partial charge >= 0.3 is 5.97 Å². The van der Waals surface area contributed by atoms with Crippen molar-refractivity contribution in [1.29, 1.82) is 0 Å². The SMILES string of the molecule is COC(=O)C1(C(=O)NCc2cccc(Br)c2)CC1. The Labute approximate surface area is 114 Å². The zero-order valence-electron chi connectivity index (χ0n) is 10.0. The van der Waals surface area contributed by atoms with Crippen LogP contribution in [0.4, 0.5) is 0 Å². The molecule has 4 nitrogen and oxygen atoms in total. The molecular weight excluding hydrogens is 298 g/mol. The minimum atomic E-state index is -0.930. The normalized spacial score (nSPS) is 15.9. The number of rotatable bonds is 4. The topological polar surface area (TPSA) is 55.4 Å². The number of hydrogen-bond acceptors (Lipinski definition) is 3. The van der Waals surface area contributed by atoms with Crippen molar-refractivity contribution in [1.82, 2.24) is 5.32 Å². The largest absolute Gasteiger partial charge is 0.468 e. The highest BCUT2D eigenvalue weighted by Gasteiger charge is 2.57. The predicted molar refractivity (Wildman–Crippen MR) is 69.7 cm³/mol. The van der Waals surface area contributed by atoms with E-state index in [0.717, 1.165) is 10.0 Å². The molecule has 1 N–H and O–H groups in total. The Kier molecular flexibility index (Phi) is 3.71. The maximum absolute atomic E-state index is 12.0. The van der Waals surface area contributed by atoms with E-state index in [1.54, 1.807) is 0 Å². The smallest absolute Gasteiger partial charge is 0.321 e. The fourth-order valence-corrected chi connectivity index (χ4v) is 2.29. The summed E-state index contributed by atoms with van der Waals surface area (Å²) in [5.41, 5.74) is 0.0548. The zero-order valence-corrected chi connectivity index (χ0v) is 11.6. The van der Waals surface area contributed by atoms with E-state index in [1.807, 2.05) is 24.3 Å². The molecule has 96 valence electrons. The Morgan fingerprint density at radius 3 is 2.72 bits per heavy atom. The molecular formula is C13H14BrNO3. The van der Waals surface area contributed by atoms with Crippen LogP contribution in [-0.4, -0.2) is 19.0 Å². The Morgan fingerprint density at radius 2 is 2.17 bits per heavy atom. The molecule has 2 rings (SSSR count). The van der Waals surface area contributed by atoms with Gasteiger partial charge in [-0.15, -0.1) is 0 Å². The lowest BCUT2D eigenvalue weighted by Gasteiger charge is -2.13. The Hall–Kier alpha value is -1.36. The number of hydrogen-bond donors (Lipinski definition) is 1. The van der Waals surface area contributed by atoms with Crippen molar-refractivity contribution in [3.8, 4) is 0 Å². The maximum atomic E-state index is 12.0. The third-order valence-electron chi connectivity index (χ3n) is 3.10. The second-order valence-electron chi connectivity index (χ2n) is 4.39. The van der Waals surface area contributed by atoms with E-state index in [9.17, 15) is 9.59 Å². The number of benzene rings is 1. The van der Waals surface area contributed by atoms with Crippen LogP contribution >= 0.6 is 15.9 Å². The van der Waals surface area contributed by atoms with Crippen molar-refractivity contribution in [2.75, 3.05) is 7.11 Å². The fraction of sp³-hybridized carbons (Fsp3) is 0.385. The number of nitrogens with one attached hydrogen (secondary N) is 1. The summed E-state index contributed by atoms with van der Waals surface area (Å²) >= 11 is 3.37. The summed E-state index contributed by atoms with van der Waals surface area (Å²) in [6.07, 6.45) is 1.15. The standard InChI is InChI=1S/C13H14BrNO3/c1-18-12(17)13(5-6-13)11(16)15-8-9-3-2-4-10(14)7-9/h2-4,7H,5-6,8H2,1H3,(H,15,16). The van der Waals surface area contributed by atoms with Gasteiger partial charge in [-0.1, -0.05) is 28.1 Å². The first-order chi connectivity index (χ1) is 8.58. The summed E-state index contributed by atoms with van der Waals surface area (Å²) < 4.78 is 5.62. The molecule has 0 aliphatic heterocycles. The molecule has 0 saturated heterocycles. The number of esters is 1. The van der Waals surface area contributed by atoms with Gasteiger partial charge in [0.25, 0.3) is 0 Å². The van der Waals surface area contributed by atoms with E-state index >= 15 is 0 Å². The Morgan fingerprint density at radius 1 is 1.44 bits per heavy atom. The van der Waals surface area contributed by atoms with Crippen molar-refractivity contribution >= 4 is 27.8 Å². The predicted octanol–water partition coefficient (Wildman–Crippen LogP) is 2.02. The van der Waals surface area contributed by atoms with Crippen LogP contribution in [0.3, 0.4) is 0 Å². The quantitative estimate of drug-likeness (QED) is 0.683. The van der Waals surface area contributed by atoms with Gasteiger partial charge in [0.1, 0.15) is 5.41 Å². The van der Waals surface area contributed by atoms with E-state index in [0.29, 0.717) is 19.4 Å². The molecule has 1 aliphatic rings. The number of carbonyl (C=O) groups excluding carboxylic acids is 2. The Bertz CT molecular complexity index is 483. The average Bonchev–Trinajstić information content (AvgIpc) is 3.16. The molecule has 0 spiro atoms. The molecule has 0 unspecified atom stereocenters. The van der Waals surface area contributed by atoms with Crippen molar-refractivity contribution in [2.24, 2.45) is 5.41 Å². The Balaban J connectivity index is 1.95. The lowest BCUT2D eigenvalue weighted by atomic mass is 10.1. The first kappa shape index (κ1) is 13.1. The molecule has 1 aromatic rings. The van der Waals surface area contributed by atoms with E-state index < -0.39 is 11.4 Å². The van der Waals surface area contributed by atoms with Crippen LogP contribution in [0.1, 0.15) is 18.4 Å². The average molecular weight is 312 g/mol. The van der Waals surface area contributed by atoms with Crippen LogP contribution in [-0.2, 0) is 20.9 Å². The summed E-state index contributed by atoms with van der Waals surface area (Å²) in [6.45, 7) is 0.414. The fourth-order valence-electron chi connectivity index (χ4n) is 1.84. The van der Waals surface area contributed by atoms with Crippen LogP contribution in [0, 0.1) is 5.41 Å². The maximum Gasteiger partial charge on any atom is 0.321 e. The second-order valence-corrected chi connectivity index (χ2v) is 5.30. The summed E-state index contributed by atoms with van der Waals surface area (Å²) in [5, 5.41) is 2.78. The van der Waals surface area contributed by atoms with Gasteiger partial charge in [-0.3, -0.25) is 9.59 Å². The number of amides is 1. The minimum Gasteiger partial charge on any atom is -0.468 e. The number of halogens is 1. The van der Waals surface area contributed by atoms with Gasteiger partial charge in [0.2, 0.25) is 5.91 Å². The first-order valence-electron chi connectivity index (χ1n) is 5.70. The summed E-state index contributed by atoms with van der Waals surface area (Å²) in [6, 6.07) is 7.67. The van der Waals surface area contributed by atoms with Crippen LogP contribution in [0.5, 0.6) is 0 Å². The van der Waals surface area contributed by atoms with E-state index in [1.165, 1.54) is 7.11 Å². The first-order valence-corrected chi connectivity index (χ1v) is 6.49. The molecule has 0 heterocycles. The summed E-state index contributed by atoms with van der Waals surface area (Å²) in [4.78, 5) is 23.5. The lowest BCUT2D eigenvalue weighted by molar-refractivity contribution is -0.152. The molecule has 0 bridgehead atoms. The van der Waals surface area contributed by atoms with Gasteiger partial charge in [-0.2, -0.15) is 0 Å². The van der Waals surface area contributed by atoms with Crippen molar-refractivity contribution in [2.45, 2.75) is 19.4 Å². The molecule has 18 heavy (non-hydrogen) atoms. The summed E-state index contributed by atoms with van der Waals surface area (Å²) in [7, 11) is 1.31. The van der Waals surface area contributed by atoms with Gasteiger partial charge in [0, 0.05) is 11.0 Å². The van der Waals surface area contributed by atoms with Crippen molar-refractivity contribution in [3.63, 3.8) is 0 Å². The van der Waals surface area contributed by atoms with Crippen LogP contribution in [0.15, 0.2) is 28.7 Å². The minimum absolute atomic E-state index is 0.241. The highest BCUT2D eigenvalue weighted by atomic mass is 79.9. The van der Waals surface area contributed by atoms with E-state index in [4.69, 9.17) is 0 Å². The van der Waals surface area contributed by atoms with E-state index in [-0.39, 0.29) is 5.91 Å². The van der Waals surface area contributed by atoms with E-state index in [2.05, 4.69) is 26.0 Å². The number of carbonyl (C=O) groups is 2. The molecule has 1 aromatic carbocycles. The molecule has 1 amide bonds. The van der Waals surface area contributed by atoms with Crippen molar-refractivity contribution < 1.29 is 14.3 Å². The molecule has 0 atom stereocenters. The third kappa shape index (κ3) is 2.56. The molecule has 5 heteroatoms. The van der Waals surface area contributed by atoms with Gasteiger partial charge < -0.3 is 10.1 Å². The van der Waals surface area contributed by atoms with Crippen molar-refractivity contribution in [3.05, 3.63) is 34.3 Å². The monoisotopic (exact) mass is 311 g/mol. The summed E-state index contributed by atoms with van der Waals surface area (Å²) in [5.74, 6) is -0.677. The van der Waals surface area contributed by atoms with Gasteiger partial charge in [-0.25, -0.2) is 0 Å². The van der Waals surface area contributed by atoms with Crippen LogP contribution < -0.4 is 5.32 Å². The zero-order chi connectivity index (χ0) is 13.2. The highest BCUT2D eigenvalue weighted by molar-refractivity contribution is 9.10. The lowest BCUT2D eigenvalue weighted by Crippen LogP contribution is -2.37. The van der Waals surface area contributed by atoms with Crippen LogP contribution in [0.25, 0.3) is 0 Å². The molecule has 0 aromatic heterocycles. The van der Waals surface area contributed by atoms with Gasteiger partial charge in [0.15, 0.2) is 0 Å². The van der Waals surface area contributed by atoms with Gasteiger partial charge in [-0.05, 0) is 30.5 Å². The molecule has 1 fully saturated rings.